The summed E-state index contributed by atoms with van der Waals surface area (Å²) in [6.07, 6.45) is 0.874. The molecule has 0 aliphatic heterocycles. The molecule has 0 aliphatic carbocycles. The van der Waals surface area contributed by atoms with Gasteiger partial charge in [0, 0.05) is 0 Å². The zero-order valence-corrected chi connectivity index (χ0v) is 6.21. The van der Waals surface area contributed by atoms with Gasteiger partial charge in [-0.05, 0) is 29.0 Å². The molecule has 0 amide bonds. The van der Waals surface area contributed by atoms with E-state index in [-0.39, 0.29) is 4.11 Å². The minimum absolute atomic E-state index is 0.0510. The topological polar surface area (TPSA) is 26.3 Å². The zero-order valence-electron chi connectivity index (χ0n) is 4.06. The number of halogens is 1. The van der Waals surface area contributed by atoms with Gasteiger partial charge in [0.05, 0.1) is 0 Å². The lowest BCUT2D eigenvalue weighted by Gasteiger charge is -2.00. The molecule has 0 aromatic heterocycles. The molecular weight excluding hydrogens is 207 g/mol. The van der Waals surface area contributed by atoms with Gasteiger partial charge in [0.2, 0.25) is 0 Å². The molecule has 0 aliphatic rings. The summed E-state index contributed by atoms with van der Waals surface area (Å²) in [6, 6.07) is 0. The molecular formula is C4H7IO2. The second kappa shape index (κ2) is 4.36. The second-order valence-electron chi connectivity index (χ2n) is 1.05. The van der Waals surface area contributed by atoms with E-state index in [1.807, 2.05) is 6.92 Å². The first-order valence-electron chi connectivity index (χ1n) is 2.04. The monoisotopic (exact) mass is 214 g/mol. The molecule has 0 spiro atoms. The Balaban J connectivity index is 2.98. The smallest absolute Gasteiger partial charge is 0.294 e. The molecule has 2 nitrogen and oxygen atoms in total. The van der Waals surface area contributed by atoms with Gasteiger partial charge < -0.3 is 4.74 Å². The first-order chi connectivity index (χ1) is 3.31. The summed E-state index contributed by atoms with van der Waals surface area (Å²) in [6.45, 7) is 2.43. The quantitative estimate of drug-likeness (QED) is 0.402. The average Bonchev–Trinajstić information content (AvgIpc) is 1.68. The first-order valence-corrected chi connectivity index (χ1v) is 3.29. The zero-order chi connectivity index (χ0) is 5.70. The van der Waals surface area contributed by atoms with Crippen molar-refractivity contribution < 1.29 is 9.53 Å². The van der Waals surface area contributed by atoms with E-state index in [1.165, 1.54) is 0 Å². The average molecular weight is 214 g/mol. The van der Waals surface area contributed by atoms with Crippen LogP contribution in [0.2, 0.25) is 0 Å². The standard InChI is InChI=1S/C4H7IO2/c1-2-4(5)7-3-6/h3-4H,2H2,1H3. The third-order valence-corrected chi connectivity index (χ3v) is 1.70. The number of rotatable bonds is 3. The van der Waals surface area contributed by atoms with E-state index in [0.29, 0.717) is 6.47 Å². The highest BCUT2D eigenvalue weighted by atomic mass is 127. The predicted octanol–water partition coefficient (Wildman–Crippen LogP) is 1.33. The number of carbonyl (C=O) groups excluding carboxylic acids is 1. The summed E-state index contributed by atoms with van der Waals surface area (Å²) >= 11 is 2.05. The molecule has 0 aromatic rings. The Labute approximate surface area is 56.4 Å². The lowest BCUT2D eigenvalue weighted by molar-refractivity contribution is -0.129. The van der Waals surface area contributed by atoms with E-state index in [1.54, 1.807) is 0 Å². The third-order valence-electron chi connectivity index (χ3n) is 0.524. The molecule has 3 heteroatoms. The predicted molar refractivity (Wildman–Crippen MR) is 35.2 cm³/mol. The van der Waals surface area contributed by atoms with Crippen LogP contribution in [0.5, 0.6) is 0 Å². The molecule has 0 saturated carbocycles. The maximum atomic E-state index is 9.55. The number of alkyl halides is 1. The molecule has 0 radical (unpaired) electrons. The maximum Gasteiger partial charge on any atom is 0.294 e. The number of ether oxygens (including phenoxy) is 1. The Bertz CT molecular complexity index is 55.7. The van der Waals surface area contributed by atoms with Crippen molar-refractivity contribution >= 4 is 29.1 Å². The lowest BCUT2D eigenvalue weighted by Crippen LogP contribution is -1.98. The van der Waals surface area contributed by atoms with Crippen LogP contribution in [0.1, 0.15) is 13.3 Å². The van der Waals surface area contributed by atoms with E-state index in [0.717, 1.165) is 6.42 Å². The molecule has 0 fully saturated rings. The van der Waals surface area contributed by atoms with Gasteiger partial charge >= 0.3 is 0 Å². The Kier molecular flexibility index (Phi) is 4.49. The normalized spacial score (nSPS) is 12.9. The fraction of sp³-hybridized carbons (Fsp3) is 0.750. The van der Waals surface area contributed by atoms with Crippen molar-refractivity contribution in [3.05, 3.63) is 0 Å². The van der Waals surface area contributed by atoms with Gasteiger partial charge in [-0.1, -0.05) is 6.92 Å². The summed E-state index contributed by atoms with van der Waals surface area (Å²) in [5.74, 6) is 0. The molecule has 1 unspecified atom stereocenters. The molecule has 0 saturated heterocycles. The first kappa shape index (κ1) is 7.20. The summed E-state index contributed by atoms with van der Waals surface area (Å²) < 4.78 is 4.55. The lowest BCUT2D eigenvalue weighted by atomic mass is 10.5. The van der Waals surface area contributed by atoms with Crippen LogP contribution in [-0.4, -0.2) is 10.6 Å². The molecule has 1 atom stereocenters. The summed E-state index contributed by atoms with van der Waals surface area (Å²) in [5.41, 5.74) is 0. The minimum atomic E-state index is 0.0510. The van der Waals surface area contributed by atoms with Crippen LogP contribution in [0.3, 0.4) is 0 Å². The summed E-state index contributed by atoms with van der Waals surface area (Å²) in [4.78, 5) is 9.55. The van der Waals surface area contributed by atoms with Crippen LogP contribution in [0.25, 0.3) is 0 Å². The van der Waals surface area contributed by atoms with Crippen LogP contribution in [0, 0.1) is 0 Å². The van der Waals surface area contributed by atoms with Crippen molar-refractivity contribution in [1.29, 1.82) is 0 Å². The van der Waals surface area contributed by atoms with Gasteiger partial charge in [-0.3, -0.25) is 4.79 Å². The highest BCUT2D eigenvalue weighted by molar-refractivity contribution is 14.1. The molecule has 0 heterocycles. The highest BCUT2D eigenvalue weighted by Crippen LogP contribution is 2.03. The van der Waals surface area contributed by atoms with E-state index in [4.69, 9.17) is 0 Å². The largest absolute Gasteiger partial charge is 0.454 e. The van der Waals surface area contributed by atoms with Crippen LogP contribution in [0.15, 0.2) is 0 Å². The van der Waals surface area contributed by atoms with Crippen molar-refractivity contribution in [2.24, 2.45) is 0 Å². The summed E-state index contributed by atoms with van der Waals surface area (Å²) in [7, 11) is 0. The van der Waals surface area contributed by atoms with E-state index in [2.05, 4.69) is 27.3 Å². The van der Waals surface area contributed by atoms with Gasteiger partial charge in [0.1, 0.15) is 0 Å². The van der Waals surface area contributed by atoms with Gasteiger partial charge in [-0.25, -0.2) is 0 Å². The Hall–Kier alpha value is 0.200. The number of hydrogen-bond donors (Lipinski definition) is 0. The Morgan fingerprint density at radius 3 is 2.71 bits per heavy atom. The molecule has 0 aromatic carbocycles. The van der Waals surface area contributed by atoms with Crippen molar-refractivity contribution in [1.82, 2.24) is 0 Å². The Morgan fingerprint density at radius 2 is 2.57 bits per heavy atom. The highest BCUT2D eigenvalue weighted by Gasteiger charge is 1.94. The molecule has 7 heavy (non-hydrogen) atoms. The minimum Gasteiger partial charge on any atom is -0.454 e. The van der Waals surface area contributed by atoms with E-state index < -0.39 is 0 Å². The van der Waals surface area contributed by atoms with Gasteiger partial charge in [0.25, 0.3) is 6.47 Å². The van der Waals surface area contributed by atoms with Crippen molar-refractivity contribution in [3.8, 4) is 0 Å². The van der Waals surface area contributed by atoms with Crippen LogP contribution in [-0.2, 0) is 9.53 Å². The molecule has 0 rings (SSSR count). The van der Waals surface area contributed by atoms with Crippen LogP contribution >= 0.6 is 22.6 Å². The van der Waals surface area contributed by atoms with Crippen molar-refractivity contribution in [2.45, 2.75) is 17.5 Å². The maximum absolute atomic E-state index is 9.55. The van der Waals surface area contributed by atoms with Crippen LogP contribution in [0.4, 0.5) is 0 Å². The number of hydrogen-bond acceptors (Lipinski definition) is 2. The van der Waals surface area contributed by atoms with Gasteiger partial charge in [-0.2, -0.15) is 0 Å². The molecule has 0 N–H and O–H groups in total. The van der Waals surface area contributed by atoms with Crippen molar-refractivity contribution in [3.63, 3.8) is 0 Å². The van der Waals surface area contributed by atoms with Gasteiger partial charge in [-0.15, -0.1) is 0 Å². The Morgan fingerprint density at radius 1 is 2.00 bits per heavy atom. The van der Waals surface area contributed by atoms with E-state index in [9.17, 15) is 4.79 Å². The van der Waals surface area contributed by atoms with Gasteiger partial charge in [0.15, 0.2) is 4.11 Å². The fourth-order valence-corrected chi connectivity index (χ4v) is 0.276. The fourth-order valence-electron chi connectivity index (χ4n) is 0.157. The molecule has 42 valence electrons. The SMILES string of the molecule is CCC(I)OC=O. The molecule has 0 bridgehead atoms. The number of carbonyl (C=O) groups is 1. The second-order valence-corrected chi connectivity index (χ2v) is 2.44. The van der Waals surface area contributed by atoms with E-state index >= 15 is 0 Å². The van der Waals surface area contributed by atoms with Crippen LogP contribution < -0.4 is 0 Å². The summed E-state index contributed by atoms with van der Waals surface area (Å²) in [5, 5.41) is 0. The third kappa shape index (κ3) is 4.04. The van der Waals surface area contributed by atoms with Crippen molar-refractivity contribution in [2.75, 3.05) is 0 Å².